The first kappa shape index (κ1) is 11.3. The minimum absolute atomic E-state index is 0.0855. The lowest BCUT2D eigenvalue weighted by Crippen LogP contribution is -2.14. The molecular weight excluding hydrogens is 218 g/mol. The van der Waals surface area contributed by atoms with Crippen LogP contribution < -0.4 is 10.3 Å². The molecule has 4 heteroatoms. The summed E-state index contributed by atoms with van der Waals surface area (Å²) < 4.78 is 6.68. The SMILES string of the molecule is COc1cc(O)ccc1-c1ccn(C)c(=O)c1. The zero-order chi connectivity index (χ0) is 12.4. The molecule has 2 aromatic rings. The highest BCUT2D eigenvalue weighted by molar-refractivity contribution is 5.71. The van der Waals surface area contributed by atoms with Gasteiger partial charge in [0.1, 0.15) is 11.5 Å². The number of phenols is 1. The Kier molecular flexibility index (Phi) is 2.87. The molecule has 2 rings (SSSR count). The van der Waals surface area contributed by atoms with Gasteiger partial charge >= 0.3 is 0 Å². The van der Waals surface area contributed by atoms with Crippen molar-refractivity contribution in [1.29, 1.82) is 0 Å². The molecule has 4 nitrogen and oxygen atoms in total. The van der Waals surface area contributed by atoms with Gasteiger partial charge in [0.15, 0.2) is 0 Å². The molecule has 0 saturated carbocycles. The molecule has 0 fully saturated rings. The van der Waals surface area contributed by atoms with E-state index in [-0.39, 0.29) is 11.3 Å². The van der Waals surface area contributed by atoms with E-state index in [1.165, 1.54) is 23.8 Å². The van der Waals surface area contributed by atoms with Crippen molar-refractivity contribution in [3.05, 3.63) is 46.9 Å². The monoisotopic (exact) mass is 231 g/mol. The predicted octanol–water partition coefficient (Wildman–Crippen LogP) is 1.77. The molecule has 1 aromatic heterocycles. The number of rotatable bonds is 2. The molecule has 0 aliphatic heterocycles. The highest BCUT2D eigenvalue weighted by Gasteiger charge is 2.07. The number of pyridine rings is 1. The Hall–Kier alpha value is -2.23. The van der Waals surface area contributed by atoms with Gasteiger partial charge in [-0.15, -0.1) is 0 Å². The molecular formula is C13H13NO3. The van der Waals surface area contributed by atoms with E-state index in [2.05, 4.69) is 0 Å². The molecule has 0 saturated heterocycles. The van der Waals surface area contributed by atoms with Crippen molar-refractivity contribution >= 4 is 0 Å². The molecule has 1 aromatic carbocycles. The Labute approximate surface area is 98.7 Å². The number of aromatic nitrogens is 1. The molecule has 0 aliphatic carbocycles. The van der Waals surface area contributed by atoms with Gasteiger partial charge in [0.05, 0.1) is 7.11 Å². The summed E-state index contributed by atoms with van der Waals surface area (Å²) in [7, 11) is 3.22. The summed E-state index contributed by atoms with van der Waals surface area (Å²) in [5, 5.41) is 9.37. The third-order valence-corrected chi connectivity index (χ3v) is 2.60. The van der Waals surface area contributed by atoms with Gasteiger partial charge in [-0.2, -0.15) is 0 Å². The number of methoxy groups -OCH3 is 1. The van der Waals surface area contributed by atoms with Crippen molar-refractivity contribution in [2.24, 2.45) is 7.05 Å². The molecule has 1 heterocycles. The van der Waals surface area contributed by atoms with Crippen molar-refractivity contribution in [1.82, 2.24) is 4.57 Å². The topological polar surface area (TPSA) is 51.5 Å². The summed E-state index contributed by atoms with van der Waals surface area (Å²) in [4.78, 5) is 11.6. The number of benzene rings is 1. The zero-order valence-electron chi connectivity index (χ0n) is 9.68. The molecule has 17 heavy (non-hydrogen) atoms. The number of nitrogens with zero attached hydrogens (tertiary/aromatic N) is 1. The highest BCUT2D eigenvalue weighted by Crippen LogP contribution is 2.31. The summed E-state index contributed by atoms with van der Waals surface area (Å²) in [6, 6.07) is 8.18. The maximum Gasteiger partial charge on any atom is 0.250 e. The van der Waals surface area contributed by atoms with Gasteiger partial charge in [-0.3, -0.25) is 4.79 Å². The van der Waals surface area contributed by atoms with Crippen LogP contribution >= 0.6 is 0 Å². The van der Waals surface area contributed by atoms with Crippen molar-refractivity contribution in [2.45, 2.75) is 0 Å². The van der Waals surface area contributed by atoms with Crippen molar-refractivity contribution in [3.8, 4) is 22.6 Å². The molecule has 0 amide bonds. The number of phenolic OH excluding ortho intramolecular Hbond substituents is 1. The molecule has 0 spiro atoms. The highest BCUT2D eigenvalue weighted by atomic mass is 16.5. The van der Waals surface area contributed by atoms with Crippen LogP contribution in [0, 0.1) is 0 Å². The maximum atomic E-state index is 11.6. The van der Waals surface area contributed by atoms with Gasteiger partial charge < -0.3 is 14.4 Å². The van der Waals surface area contributed by atoms with Gasteiger partial charge in [-0.05, 0) is 23.8 Å². The summed E-state index contributed by atoms with van der Waals surface area (Å²) in [6.45, 7) is 0. The van der Waals surface area contributed by atoms with E-state index in [0.29, 0.717) is 5.75 Å². The van der Waals surface area contributed by atoms with Crippen LogP contribution in [0.1, 0.15) is 0 Å². The van der Waals surface area contributed by atoms with Gasteiger partial charge in [0, 0.05) is 30.9 Å². The molecule has 1 N–H and O–H groups in total. The Balaban J connectivity index is 2.59. The largest absolute Gasteiger partial charge is 0.508 e. The van der Waals surface area contributed by atoms with Crippen LogP contribution in [-0.4, -0.2) is 16.8 Å². The van der Waals surface area contributed by atoms with E-state index in [4.69, 9.17) is 4.74 Å². The van der Waals surface area contributed by atoms with Gasteiger partial charge in [0.2, 0.25) is 0 Å². The zero-order valence-corrected chi connectivity index (χ0v) is 9.68. The Bertz CT molecular complexity index is 602. The summed E-state index contributed by atoms with van der Waals surface area (Å²) >= 11 is 0. The van der Waals surface area contributed by atoms with Crippen LogP contribution in [-0.2, 0) is 7.05 Å². The smallest absolute Gasteiger partial charge is 0.250 e. The van der Waals surface area contributed by atoms with E-state index in [1.54, 1.807) is 25.4 Å². The number of aromatic hydroxyl groups is 1. The standard InChI is InChI=1S/C13H13NO3/c1-14-6-5-9(7-13(14)16)11-4-3-10(15)8-12(11)17-2/h3-8,15H,1-2H3. The van der Waals surface area contributed by atoms with Crippen LogP contribution in [0.15, 0.2) is 41.3 Å². The Morgan fingerprint density at radius 1 is 1.24 bits per heavy atom. The lowest BCUT2D eigenvalue weighted by Gasteiger charge is -2.09. The molecule has 0 atom stereocenters. The summed E-state index contributed by atoms with van der Waals surface area (Å²) in [5.41, 5.74) is 1.46. The van der Waals surface area contributed by atoms with Crippen LogP contribution in [0.2, 0.25) is 0 Å². The first-order chi connectivity index (χ1) is 8.11. The first-order valence-corrected chi connectivity index (χ1v) is 5.16. The van der Waals surface area contributed by atoms with E-state index >= 15 is 0 Å². The van der Waals surface area contributed by atoms with Gasteiger partial charge in [-0.25, -0.2) is 0 Å². The Morgan fingerprint density at radius 2 is 2.00 bits per heavy atom. The summed E-state index contributed by atoms with van der Waals surface area (Å²) in [6.07, 6.45) is 1.70. The lowest BCUT2D eigenvalue weighted by molar-refractivity contribution is 0.409. The van der Waals surface area contributed by atoms with E-state index in [0.717, 1.165) is 11.1 Å². The molecule has 0 aliphatic rings. The molecule has 0 unspecified atom stereocenters. The fraction of sp³-hybridized carbons (Fsp3) is 0.154. The average Bonchev–Trinajstić information content (AvgIpc) is 2.32. The quantitative estimate of drug-likeness (QED) is 0.856. The number of aryl methyl sites for hydroxylation is 1. The molecule has 0 radical (unpaired) electrons. The number of ether oxygens (including phenoxy) is 1. The second-order valence-corrected chi connectivity index (χ2v) is 3.75. The minimum atomic E-state index is -0.0855. The fourth-order valence-electron chi connectivity index (χ4n) is 1.63. The van der Waals surface area contributed by atoms with Gasteiger partial charge in [0.25, 0.3) is 5.56 Å². The van der Waals surface area contributed by atoms with Crippen molar-refractivity contribution in [2.75, 3.05) is 7.11 Å². The van der Waals surface area contributed by atoms with E-state index in [9.17, 15) is 9.90 Å². The van der Waals surface area contributed by atoms with Crippen LogP contribution in [0.25, 0.3) is 11.1 Å². The third kappa shape index (κ3) is 2.15. The Morgan fingerprint density at radius 3 is 2.65 bits per heavy atom. The van der Waals surface area contributed by atoms with Crippen molar-refractivity contribution in [3.63, 3.8) is 0 Å². The average molecular weight is 231 g/mol. The molecule has 88 valence electrons. The second-order valence-electron chi connectivity index (χ2n) is 3.75. The van der Waals surface area contributed by atoms with Crippen LogP contribution in [0.5, 0.6) is 11.5 Å². The second kappa shape index (κ2) is 4.33. The first-order valence-electron chi connectivity index (χ1n) is 5.16. The minimum Gasteiger partial charge on any atom is -0.508 e. The van der Waals surface area contributed by atoms with Crippen LogP contribution in [0.3, 0.4) is 0 Å². The molecule has 0 bridgehead atoms. The number of hydrogen-bond acceptors (Lipinski definition) is 3. The van der Waals surface area contributed by atoms with Gasteiger partial charge in [-0.1, -0.05) is 0 Å². The maximum absolute atomic E-state index is 11.6. The number of hydrogen-bond donors (Lipinski definition) is 1. The van der Waals surface area contributed by atoms with E-state index < -0.39 is 0 Å². The summed E-state index contributed by atoms with van der Waals surface area (Å²) in [5.74, 6) is 0.674. The predicted molar refractivity (Wildman–Crippen MR) is 65.3 cm³/mol. The normalized spacial score (nSPS) is 10.2. The van der Waals surface area contributed by atoms with Crippen LogP contribution in [0.4, 0.5) is 0 Å². The lowest BCUT2D eigenvalue weighted by atomic mass is 10.1. The van der Waals surface area contributed by atoms with E-state index in [1.807, 2.05) is 6.07 Å². The fourth-order valence-corrected chi connectivity index (χ4v) is 1.63. The third-order valence-electron chi connectivity index (χ3n) is 2.60. The van der Waals surface area contributed by atoms with Crippen molar-refractivity contribution < 1.29 is 9.84 Å².